The summed E-state index contributed by atoms with van der Waals surface area (Å²) in [6.07, 6.45) is 2.95. The molecule has 0 bridgehead atoms. The smallest absolute Gasteiger partial charge is 0.258 e. The van der Waals surface area contributed by atoms with E-state index in [0.29, 0.717) is 28.9 Å². The molecule has 4 rings (SSSR count). The second-order valence-electron chi connectivity index (χ2n) is 6.85. The van der Waals surface area contributed by atoms with E-state index in [1.807, 2.05) is 45.0 Å². The molecule has 0 aromatic carbocycles. The summed E-state index contributed by atoms with van der Waals surface area (Å²) in [5.41, 5.74) is 3.51. The molecular formula is C18H21N5O2. The van der Waals surface area contributed by atoms with Gasteiger partial charge in [0.2, 0.25) is 0 Å². The molecule has 1 fully saturated rings. The van der Waals surface area contributed by atoms with Crippen molar-refractivity contribution in [2.75, 3.05) is 13.1 Å². The largest absolute Gasteiger partial charge is 0.338 e. The molecule has 0 unspecified atom stereocenters. The third-order valence-electron chi connectivity index (χ3n) is 4.85. The zero-order valence-electron chi connectivity index (χ0n) is 14.9. The lowest BCUT2D eigenvalue weighted by Gasteiger charge is -2.17. The summed E-state index contributed by atoms with van der Waals surface area (Å²) in [4.78, 5) is 24.0. The first-order valence-electron chi connectivity index (χ1n) is 8.47. The fourth-order valence-electron chi connectivity index (χ4n) is 3.73. The van der Waals surface area contributed by atoms with Crippen molar-refractivity contribution >= 4 is 17.0 Å². The van der Waals surface area contributed by atoms with Crippen LogP contribution < -0.4 is 0 Å². The first-order chi connectivity index (χ1) is 11.9. The predicted molar refractivity (Wildman–Crippen MR) is 92.5 cm³/mol. The van der Waals surface area contributed by atoms with Crippen molar-refractivity contribution in [1.82, 2.24) is 24.6 Å². The minimum atomic E-state index is 0.00947. The Labute approximate surface area is 145 Å². The quantitative estimate of drug-likeness (QED) is 0.717. The van der Waals surface area contributed by atoms with E-state index >= 15 is 0 Å². The molecule has 1 aliphatic heterocycles. The van der Waals surface area contributed by atoms with Crippen LogP contribution in [0.4, 0.5) is 0 Å². The van der Waals surface area contributed by atoms with E-state index in [9.17, 15) is 4.79 Å². The zero-order chi connectivity index (χ0) is 17.7. The molecule has 0 radical (unpaired) electrons. The zero-order valence-corrected chi connectivity index (χ0v) is 14.9. The first-order valence-corrected chi connectivity index (χ1v) is 8.47. The van der Waals surface area contributed by atoms with Gasteiger partial charge in [-0.1, -0.05) is 5.16 Å². The van der Waals surface area contributed by atoms with Crippen LogP contribution in [0.25, 0.3) is 11.1 Å². The minimum absolute atomic E-state index is 0.00947. The van der Waals surface area contributed by atoms with Crippen LogP contribution in [0, 0.1) is 20.8 Å². The van der Waals surface area contributed by atoms with Crippen LogP contribution in [-0.4, -0.2) is 43.6 Å². The van der Waals surface area contributed by atoms with Gasteiger partial charge in [0.1, 0.15) is 5.82 Å². The van der Waals surface area contributed by atoms with Gasteiger partial charge in [0, 0.05) is 37.9 Å². The van der Waals surface area contributed by atoms with Crippen LogP contribution in [0.1, 0.15) is 45.6 Å². The standard InChI is InChI=1S/C18H21N5O2/c1-10-7-14(15-12(3)21-25-17(15)20-10)18(24)23-6-5-13(9-23)16-19-11(2)8-22(16)4/h7-8,13H,5-6,9H2,1-4H3/t13-/m0/s1. The number of pyridine rings is 1. The summed E-state index contributed by atoms with van der Waals surface area (Å²) in [6.45, 7) is 7.09. The maximum atomic E-state index is 13.1. The lowest BCUT2D eigenvalue weighted by molar-refractivity contribution is 0.0792. The van der Waals surface area contributed by atoms with Crippen molar-refractivity contribution in [3.05, 3.63) is 40.7 Å². The van der Waals surface area contributed by atoms with E-state index in [1.54, 1.807) is 0 Å². The molecule has 4 heterocycles. The van der Waals surface area contributed by atoms with Crippen LogP contribution in [0.5, 0.6) is 0 Å². The van der Waals surface area contributed by atoms with E-state index < -0.39 is 0 Å². The van der Waals surface area contributed by atoms with Crippen molar-refractivity contribution in [2.45, 2.75) is 33.1 Å². The average Bonchev–Trinajstić information content (AvgIpc) is 3.25. The lowest BCUT2D eigenvalue weighted by atomic mass is 10.1. The van der Waals surface area contributed by atoms with Crippen molar-refractivity contribution in [3.63, 3.8) is 0 Å². The Morgan fingerprint density at radius 2 is 2.04 bits per heavy atom. The number of aromatic nitrogens is 4. The molecule has 0 saturated carbocycles. The van der Waals surface area contributed by atoms with Crippen LogP contribution in [-0.2, 0) is 7.05 Å². The first kappa shape index (κ1) is 15.8. The van der Waals surface area contributed by atoms with Gasteiger partial charge < -0.3 is 14.0 Å². The number of imidazole rings is 1. The Balaban J connectivity index is 1.64. The van der Waals surface area contributed by atoms with Crippen molar-refractivity contribution in [3.8, 4) is 0 Å². The van der Waals surface area contributed by atoms with Crippen molar-refractivity contribution < 1.29 is 9.32 Å². The van der Waals surface area contributed by atoms with E-state index in [4.69, 9.17) is 4.52 Å². The highest BCUT2D eigenvalue weighted by atomic mass is 16.5. The Morgan fingerprint density at radius 1 is 1.24 bits per heavy atom. The Bertz CT molecular complexity index is 971. The molecule has 7 nitrogen and oxygen atoms in total. The highest BCUT2D eigenvalue weighted by Gasteiger charge is 2.32. The SMILES string of the molecule is Cc1cn(C)c([C@H]2CCN(C(=O)c3cc(C)nc4onc(C)c34)C2)n1. The molecule has 25 heavy (non-hydrogen) atoms. The van der Waals surface area contributed by atoms with Gasteiger partial charge in [0.25, 0.3) is 11.6 Å². The third-order valence-corrected chi connectivity index (χ3v) is 4.85. The number of amides is 1. The number of aryl methyl sites for hydroxylation is 4. The Kier molecular flexibility index (Phi) is 3.59. The van der Waals surface area contributed by atoms with Gasteiger partial charge in [0.05, 0.1) is 22.3 Å². The molecule has 1 atom stereocenters. The maximum absolute atomic E-state index is 13.1. The number of rotatable bonds is 2. The number of fused-ring (bicyclic) bond motifs is 1. The summed E-state index contributed by atoms with van der Waals surface area (Å²) in [6, 6.07) is 1.83. The molecule has 1 saturated heterocycles. The van der Waals surface area contributed by atoms with Gasteiger partial charge in [-0.05, 0) is 33.3 Å². The van der Waals surface area contributed by atoms with Gasteiger partial charge in [-0.15, -0.1) is 0 Å². The predicted octanol–water partition coefficient (Wildman–Crippen LogP) is 2.51. The Morgan fingerprint density at radius 3 is 2.76 bits per heavy atom. The molecule has 7 heteroatoms. The van der Waals surface area contributed by atoms with Gasteiger partial charge >= 0.3 is 0 Å². The summed E-state index contributed by atoms with van der Waals surface area (Å²) in [5, 5.41) is 4.68. The van der Waals surface area contributed by atoms with Crippen molar-refractivity contribution in [2.24, 2.45) is 7.05 Å². The Hall–Kier alpha value is -2.70. The summed E-state index contributed by atoms with van der Waals surface area (Å²) < 4.78 is 7.31. The average molecular weight is 339 g/mol. The van der Waals surface area contributed by atoms with Crippen LogP contribution in [0.2, 0.25) is 0 Å². The molecule has 0 N–H and O–H groups in total. The van der Waals surface area contributed by atoms with E-state index in [2.05, 4.69) is 19.7 Å². The summed E-state index contributed by atoms with van der Waals surface area (Å²) in [5.74, 6) is 1.32. The molecule has 3 aromatic heterocycles. The van der Waals surface area contributed by atoms with Crippen LogP contribution in [0.15, 0.2) is 16.8 Å². The molecule has 1 aliphatic rings. The maximum Gasteiger partial charge on any atom is 0.258 e. The molecule has 0 spiro atoms. The lowest BCUT2D eigenvalue weighted by Crippen LogP contribution is -2.29. The second-order valence-corrected chi connectivity index (χ2v) is 6.85. The number of hydrogen-bond acceptors (Lipinski definition) is 5. The fraction of sp³-hybridized carbons (Fsp3) is 0.444. The van der Waals surface area contributed by atoms with E-state index in [-0.39, 0.29) is 11.8 Å². The number of hydrogen-bond donors (Lipinski definition) is 0. The molecule has 0 aliphatic carbocycles. The van der Waals surface area contributed by atoms with Crippen molar-refractivity contribution in [1.29, 1.82) is 0 Å². The van der Waals surface area contributed by atoms with Gasteiger partial charge in [0.15, 0.2) is 0 Å². The van der Waals surface area contributed by atoms with Crippen LogP contribution >= 0.6 is 0 Å². The monoisotopic (exact) mass is 339 g/mol. The van der Waals surface area contributed by atoms with Crippen LogP contribution in [0.3, 0.4) is 0 Å². The number of nitrogens with zero attached hydrogens (tertiary/aromatic N) is 5. The molecular weight excluding hydrogens is 318 g/mol. The number of carbonyl (C=O) groups is 1. The third kappa shape index (κ3) is 2.59. The molecule has 3 aromatic rings. The second kappa shape index (κ2) is 5.68. The fourth-order valence-corrected chi connectivity index (χ4v) is 3.73. The number of likely N-dealkylation sites (tertiary alicyclic amines) is 1. The highest BCUT2D eigenvalue weighted by Crippen LogP contribution is 2.29. The van der Waals surface area contributed by atoms with E-state index in [0.717, 1.165) is 30.2 Å². The molecule has 130 valence electrons. The van der Waals surface area contributed by atoms with Gasteiger partial charge in [-0.3, -0.25) is 4.79 Å². The van der Waals surface area contributed by atoms with Gasteiger partial charge in [-0.25, -0.2) is 9.97 Å². The summed E-state index contributed by atoms with van der Waals surface area (Å²) >= 11 is 0. The topological polar surface area (TPSA) is 77.0 Å². The molecule has 1 amide bonds. The van der Waals surface area contributed by atoms with Gasteiger partial charge in [-0.2, -0.15) is 0 Å². The highest BCUT2D eigenvalue weighted by molar-refractivity contribution is 6.06. The normalized spacial score (nSPS) is 17.6. The number of carbonyl (C=O) groups excluding carboxylic acids is 1. The van der Waals surface area contributed by atoms with E-state index in [1.165, 1.54) is 0 Å². The minimum Gasteiger partial charge on any atom is -0.338 e. The summed E-state index contributed by atoms with van der Waals surface area (Å²) in [7, 11) is 2.01.